The number of carbonyl (C=O) groups is 2. The van der Waals surface area contributed by atoms with E-state index in [4.69, 9.17) is 17.2 Å². The first kappa shape index (κ1) is 63.7. The average molecular weight is 1130 g/mol. The van der Waals surface area contributed by atoms with Crippen molar-refractivity contribution in [2.24, 2.45) is 45.4 Å². The number of fused-ring (bicyclic) bond motifs is 4. The minimum Gasteiger partial charge on any atom is -0.508 e. The van der Waals surface area contributed by atoms with Crippen molar-refractivity contribution >= 4 is 17.6 Å². The highest BCUT2D eigenvalue weighted by atomic mass is 16.3. The predicted octanol–water partition coefficient (Wildman–Crippen LogP) is 5.26. The number of benzene rings is 3. The number of β-amino-alcohol motifs (C(OH)–C–C–N with tert-alkyl or cyclic N) is 1. The van der Waals surface area contributed by atoms with Gasteiger partial charge >= 0.3 is 0 Å². The third-order valence-electron chi connectivity index (χ3n) is 18.3. The number of aliphatic hydroxyl groups excluding tert-OH is 5. The molecule has 2 heterocycles. The van der Waals surface area contributed by atoms with E-state index >= 15 is 4.79 Å². The molecule has 0 saturated heterocycles. The summed E-state index contributed by atoms with van der Waals surface area (Å²) in [6.07, 6.45) is 7.87. The second kappa shape index (κ2) is 28.2. The molecule has 4 aliphatic rings. The first-order chi connectivity index (χ1) is 39.0. The number of ketones is 1. The molecule has 17 nitrogen and oxygen atoms in total. The molecule has 1 spiro atoms. The van der Waals surface area contributed by atoms with Crippen molar-refractivity contribution in [3.05, 3.63) is 159 Å². The van der Waals surface area contributed by atoms with Crippen molar-refractivity contribution in [2.45, 2.75) is 159 Å². The normalized spacial score (nSPS) is 29.5. The number of unbranched alkanes of at least 4 members (excludes halogenated alkanes) is 2. The van der Waals surface area contributed by atoms with Gasteiger partial charge in [-0.25, -0.2) is 0 Å². The molecular weight excluding hydrogens is 1040 g/mol. The van der Waals surface area contributed by atoms with Crippen molar-refractivity contribution in [1.29, 1.82) is 0 Å². The number of hydrogen-bond donors (Lipinski definition) is 14. The standard InChI is InChI=1S/C65H91N7O10/c1-39(2)24-29-65(82,71-30-7-6-8-31-73)40(3)12-9-16-46(38-74)50-26-28-64(59(50)79)54-23-22-48(76)33-42-13-10-14-43(32-42)34-52(53(36-70-62(67)68)44-18-20-47(75)21-19-44)56(78)37-69-58-57-45(15-11-17-51(57)60(66)72-61(58)80)35-55(77)41(4)49(54)25-27-63(64,5)81/h9-21,24,32,48,50,52-54,56,58-60,69,71,73-76,78-79,81-82H,3,6-8,22-23,25-31,33-38,66H2,1-2,4-5H3,(H,72,80)(H4,67,68,70)/b12-9+,46-16-,49-41+/t48-,50+,52+,53+,54+,56+,58+,59+,60-,63+,64+,65-/m0/s1. The number of hydrogen-bond acceptors (Lipinski definition) is 14. The van der Waals surface area contributed by atoms with Gasteiger partial charge in [-0.3, -0.25) is 25.2 Å². The lowest BCUT2D eigenvalue weighted by Crippen LogP contribution is -2.59. The van der Waals surface area contributed by atoms with Crippen LogP contribution in [0.1, 0.15) is 143 Å². The molecule has 3 aromatic rings. The number of carbonyl (C=O) groups excluding carboxylic acids is 2. The number of Topliss-reactive ketones (excluding diaryl/α,β-unsaturated/α-hetero) is 1. The van der Waals surface area contributed by atoms with Crippen molar-refractivity contribution < 1.29 is 50.4 Å². The second-order valence-electron chi connectivity index (χ2n) is 23.9. The van der Waals surface area contributed by atoms with Gasteiger partial charge in [0.25, 0.3) is 0 Å². The van der Waals surface area contributed by atoms with E-state index in [0.29, 0.717) is 78.5 Å². The summed E-state index contributed by atoms with van der Waals surface area (Å²) in [5, 5.41) is 102. The molecule has 2 aliphatic carbocycles. The maximum atomic E-state index is 15.1. The second-order valence-corrected chi connectivity index (χ2v) is 23.9. The van der Waals surface area contributed by atoms with Gasteiger partial charge in [-0.15, -0.1) is 0 Å². The third-order valence-corrected chi connectivity index (χ3v) is 18.3. The zero-order chi connectivity index (χ0) is 59.5. The number of nitrogens with two attached hydrogens (primary N) is 3. The van der Waals surface area contributed by atoms with Gasteiger partial charge in [0, 0.05) is 49.8 Å². The van der Waals surface area contributed by atoms with Crippen LogP contribution in [0.25, 0.3) is 0 Å². The zero-order valence-corrected chi connectivity index (χ0v) is 48.4. The molecule has 0 radical (unpaired) electrons. The van der Waals surface area contributed by atoms with Crippen LogP contribution in [0.15, 0.2) is 130 Å². The van der Waals surface area contributed by atoms with Crippen LogP contribution in [0, 0.1) is 23.2 Å². The minimum atomic E-state index is -1.47. The van der Waals surface area contributed by atoms with Gasteiger partial charge in [0.15, 0.2) is 11.7 Å². The Labute approximate surface area is 483 Å². The molecule has 2 saturated carbocycles. The van der Waals surface area contributed by atoms with Crippen LogP contribution in [0.4, 0.5) is 0 Å². The van der Waals surface area contributed by atoms with E-state index < -0.39 is 83.4 Å². The maximum absolute atomic E-state index is 15.1. The molecule has 7 rings (SSSR count). The first-order valence-electron chi connectivity index (χ1n) is 29.3. The third kappa shape index (κ3) is 14.7. The van der Waals surface area contributed by atoms with E-state index in [1.165, 1.54) is 0 Å². The smallest absolute Gasteiger partial charge is 0.243 e. The van der Waals surface area contributed by atoms with Gasteiger partial charge in [0.2, 0.25) is 5.91 Å². The molecule has 17 heteroatoms. The van der Waals surface area contributed by atoms with Crippen LogP contribution in [-0.4, -0.2) is 121 Å². The largest absolute Gasteiger partial charge is 0.508 e. The van der Waals surface area contributed by atoms with Crippen molar-refractivity contribution in [3.63, 3.8) is 0 Å². The molecule has 0 unspecified atom stereocenters. The number of aliphatic imine (C=N–C) groups is 1. The number of aliphatic hydroxyl groups is 7. The van der Waals surface area contributed by atoms with E-state index in [2.05, 4.69) is 27.5 Å². The quantitative estimate of drug-likeness (QED) is 0.0205. The first-order valence-corrected chi connectivity index (χ1v) is 29.3. The van der Waals surface area contributed by atoms with E-state index in [1.54, 1.807) is 62.4 Å². The van der Waals surface area contributed by atoms with Gasteiger partial charge < -0.3 is 63.4 Å². The Morgan fingerprint density at radius 2 is 1.68 bits per heavy atom. The van der Waals surface area contributed by atoms with Crippen LogP contribution < -0.4 is 33.2 Å². The highest BCUT2D eigenvalue weighted by Gasteiger charge is 2.64. The number of nitrogens with one attached hydrogen (secondary N) is 3. The van der Waals surface area contributed by atoms with Crippen molar-refractivity contribution in [2.75, 3.05) is 32.8 Å². The number of guanidine groups is 1. The zero-order valence-electron chi connectivity index (χ0n) is 48.4. The number of aromatic hydroxyl groups is 1. The molecule has 2 aliphatic heterocycles. The van der Waals surface area contributed by atoms with Gasteiger partial charge in [-0.1, -0.05) is 96.6 Å². The summed E-state index contributed by atoms with van der Waals surface area (Å²) in [6.45, 7) is 11.9. The molecule has 1 amide bonds. The highest BCUT2D eigenvalue weighted by molar-refractivity contribution is 5.98. The molecule has 17 N–H and O–H groups in total. The number of nitrogens with zero attached hydrogens (tertiary/aromatic N) is 1. The van der Waals surface area contributed by atoms with Crippen molar-refractivity contribution in [3.8, 4) is 5.75 Å². The fourth-order valence-electron chi connectivity index (χ4n) is 13.6. The molecule has 2 fully saturated rings. The average Bonchev–Trinajstić information content (AvgIpc) is 3.99. The van der Waals surface area contributed by atoms with Crippen LogP contribution in [0.2, 0.25) is 0 Å². The molecule has 446 valence electrons. The summed E-state index contributed by atoms with van der Waals surface area (Å²) in [4.78, 5) is 33.7. The summed E-state index contributed by atoms with van der Waals surface area (Å²) in [6, 6.07) is 18.9. The predicted molar refractivity (Wildman–Crippen MR) is 320 cm³/mol. The summed E-state index contributed by atoms with van der Waals surface area (Å²) in [7, 11) is 0. The van der Waals surface area contributed by atoms with Gasteiger partial charge in [-0.2, -0.15) is 0 Å². The van der Waals surface area contributed by atoms with Crippen LogP contribution >= 0.6 is 0 Å². The summed E-state index contributed by atoms with van der Waals surface area (Å²) in [5.74, 6) is -2.97. The number of rotatable bonds is 17. The summed E-state index contributed by atoms with van der Waals surface area (Å²) >= 11 is 0. The van der Waals surface area contributed by atoms with E-state index in [0.717, 1.165) is 40.7 Å². The number of phenolic OH excluding ortho intramolecular Hbond substituents is 1. The fraction of sp³-hybridized carbons (Fsp3) is 0.523. The SMILES string of the molecule is C=C(/C=C/C=C(/CO)[C@H]1CC[C@@]2([C@@H]3CC[C@H](O)Cc4cccc(c4)C[C@H]([C@H](CN=C(N)N)c4ccc(O)cc4)[C@H](O)CN[C@H]4C(=O)N[C@H](N)c5cccc(c54)CC(=O)/C(C)=C/3CC[C@@]2(C)O)[C@@H]1O)[C@@](O)(CC=C(C)C)NCCCCCO. The molecule has 12 atom stereocenters. The minimum absolute atomic E-state index is 0.0614. The Bertz CT molecular complexity index is 2870. The Kier molecular flexibility index (Phi) is 21.9. The van der Waals surface area contributed by atoms with Gasteiger partial charge in [-0.05, 0) is 179 Å². The van der Waals surface area contributed by atoms with Crippen LogP contribution in [0.3, 0.4) is 0 Å². The molecule has 82 heavy (non-hydrogen) atoms. The number of amides is 1. The lowest BCUT2D eigenvalue weighted by atomic mass is 9.52. The molecular formula is C65H91N7O10. The van der Waals surface area contributed by atoms with Gasteiger partial charge in [0.05, 0.1) is 30.5 Å². The molecule has 3 aromatic carbocycles. The van der Waals surface area contributed by atoms with E-state index in [1.807, 2.05) is 56.3 Å². The lowest BCUT2D eigenvalue weighted by molar-refractivity contribution is -0.168. The summed E-state index contributed by atoms with van der Waals surface area (Å²) in [5.41, 5.74) is 21.7. The monoisotopic (exact) mass is 1130 g/mol. The molecule has 0 aromatic heterocycles. The summed E-state index contributed by atoms with van der Waals surface area (Å²) < 4.78 is 0. The van der Waals surface area contributed by atoms with Gasteiger partial charge in [0.1, 0.15) is 23.7 Å². The van der Waals surface area contributed by atoms with Crippen LogP contribution in [-0.2, 0) is 28.9 Å². The lowest BCUT2D eigenvalue weighted by Gasteiger charge is -2.56. The molecule has 2 bridgehead atoms. The Balaban J connectivity index is 1.28. The Morgan fingerprint density at radius 1 is 0.963 bits per heavy atom. The van der Waals surface area contributed by atoms with E-state index in [9.17, 15) is 45.6 Å². The fourth-order valence-corrected chi connectivity index (χ4v) is 13.6. The Hall–Kier alpha value is -5.83. The number of phenols is 1. The Morgan fingerprint density at radius 3 is 2.38 bits per heavy atom. The van der Waals surface area contributed by atoms with Crippen LogP contribution in [0.5, 0.6) is 5.75 Å². The highest BCUT2D eigenvalue weighted by Crippen LogP contribution is 2.63. The number of allylic oxidation sites excluding steroid dienone is 5. The maximum Gasteiger partial charge on any atom is 0.243 e. The van der Waals surface area contributed by atoms with Crippen molar-refractivity contribution in [1.82, 2.24) is 16.0 Å². The van der Waals surface area contributed by atoms with E-state index in [-0.39, 0.29) is 69.3 Å². The topological polar surface area (TPSA) is 322 Å².